The van der Waals surface area contributed by atoms with E-state index in [0.29, 0.717) is 0 Å². The molecule has 0 fully saturated rings. The Labute approximate surface area is 191 Å². The molecule has 0 heterocycles. The maximum atomic E-state index is 3.76. The maximum absolute atomic E-state index is 3.76. The molecule has 4 rings (SSSR count). The first-order valence-electron chi connectivity index (χ1n) is 10.8. The third kappa shape index (κ3) is 5.14. The van der Waals surface area contributed by atoms with Gasteiger partial charge in [-0.15, -0.1) is 0 Å². The first-order valence-corrected chi connectivity index (χ1v) is 10.8. The largest absolute Gasteiger partial charge is 0.355 e. The molecule has 156 valence electrons. The van der Waals surface area contributed by atoms with Crippen LogP contribution in [0.3, 0.4) is 0 Å². The summed E-state index contributed by atoms with van der Waals surface area (Å²) >= 11 is 0. The second-order valence-corrected chi connectivity index (χ2v) is 7.67. The highest BCUT2D eigenvalue weighted by atomic mass is 14.9. The van der Waals surface area contributed by atoms with E-state index in [1.54, 1.807) is 6.08 Å². The molecule has 4 aromatic carbocycles. The molecule has 4 aromatic rings. The minimum absolute atomic E-state index is 1.07. The second-order valence-electron chi connectivity index (χ2n) is 7.67. The molecule has 1 N–H and O–H groups in total. The lowest BCUT2D eigenvalue weighted by molar-refractivity contribution is 1.49. The molecule has 1 heteroatoms. The van der Waals surface area contributed by atoms with Gasteiger partial charge in [0.25, 0.3) is 0 Å². The van der Waals surface area contributed by atoms with Gasteiger partial charge in [0, 0.05) is 16.9 Å². The Bertz CT molecular complexity index is 1250. The predicted molar refractivity (Wildman–Crippen MR) is 140 cm³/mol. The van der Waals surface area contributed by atoms with Crippen molar-refractivity contribution < 1.29 is 0 Å². The van der Waals surface area contributed by atoms with Gasteiger partial charge in [-0.3, -0.25) is 0 Å². The van der Waals surface area contributed by atoms with Crippen molar-refractivity contribution in [2.45, 2.75) is 6.92 Å². The van der Waals surface area contributed by atoms with Crippen molar-refractivity contribution >= 4 is 16.9 Å². The van der Waals surface area contributed by atoms with Crippen molar-refractivity contribution in [2.24, 2.45) is 0 Å². The van der Waals surface area contributed by atoms with Crippen LogP contribution >= 0.6 is 0 Å². The van der Waals surface area contributed by atoms with E-state index >= 15 is 0 Å². The van der Waals surface area contributed by atoms with Gasteiger partial charge in [0.15, 0.2) is 0 Å². The SMILES string of the molecule is C=C/C=C\C=C(/C)c1cc(-c2cccc(-c3ccccc3)c2)ccc1Nc1ccccc1. The highest BCUT2D eigenvalue weighted by Crippen LogP contribution is 2.33. The Balaban J connectivity index is 1.76. The van der Waals surface area contributed by atoms with Gasteiger partial charge in [0.05, 0.1) is 0 Å². The summed E-state index contributed by atoms with van der Waals surface area (Å²) in [5, 5.41) is 3.57. The van der Waals surface area contributed by atoms with E-state index in [9.17, 15) is 0 Å². The average Bonchev–Trinajstić information content (AvgIpc) is 2.85. The highest BCUT2D eigenvalue weighted by molar-refractivity contribution is 5.84. The summed E-state index contributed by atoms with van der Waals surface area (Å²) in [6.07, 6.45) is 7.88. The maximum Gasteiger partial charge on any atom is 0.0460 e. The Morgan fingerprint density at radius 3 is 2.00 bits per heavy atom. The molecule has 0 aliphatic rings. The van der Waals surface area contributed by atoms with Crippen molar-refractivity contribution in [1.29, 1.82) is 0 Å². The lowest BCUT2D eigenvalue weighted by atomic mass is 9.95. The van der Waals surface area contributed by atoms with Crippen LogP contribution in [0.15, 0.2) is 134 Å². The van der Waals surface area contributed by atoms with E-state index in [4.69, 9.17) is 0 Å². The van der Waals surface area contributed by atoms with E-state index in [1.807, 2.05) is 36.4 Å². The van der Waals surface area contributed by atoms with Crippen molar-refractivity contribution in [2.75, 3.05) is 5.32 Å². The first kappa shape index (κ1) is 21.1. The summed E-state index contributed by atoms with van der Waals surface area (Å²) in [7, 11) is 0. The fourth-order valence-corrected chi connectivity index (χ4v) is 3.71. The molecule has 0 atom stereocenters. The number of hydrogen-bond acceptors (Lipinski definition) is 1. The third-order valence-corrected chi connectivity index (χ3v) is 5.39. The molecule has 0 radical (unpaired) electrons. The van der Waals surface area contributed by atoms with Gasteiger partial charge in [-0.05, 0) is 65.1 Å². The summed E-state index contributed by atoms with van der Waals surface area (Å²) in [5.41, 5.74) is 9.35. The molecule has 0 saturated heterocycles. The standard InChI is InChI=1S/C31H27N/c1-3-4-7-13-24(2)30-23-28(20-21-31(30)32-29-18-10-6-11-19-29)27-17-12-16-26(22-27)25-14-8-5-9-15-25/h3-23,32H,1H2,2H3/b7-4-,24-13+. The molecule has 0 bridgehead atoms. The van der Waals surface area contributed by atoms with Crippen LogP contribution in [0.25, 0.3) is 27.8 Å². The number of rotatable bonds is 7. The zero-order valence-corrected chi connectivity index (χ0v) is 18.3. The molecule has 0 aliphatic heterocycles. The molecule has 0 amide bonds. The molecule has 0 spiro atoms. The fraction of sp³-hybridized carbons (Fsp3) is 0.0323. The van der Waals surface area contributed by atoms with Crippen LogP contribution in [0.5, 0.6) is 0 Å². The number of hydrogen-bond donors (Lipinski definition) is 1. The Morgan fingerprint density at radius 2 is 1.28 bits per heavy atom. The minimum atomic E-state index is 1.07. The highest BCUT2D eigenvalue weighted by Gasteiger charge is 2.09. The van der Waals surface area contributed by atoms with E-state index in [1.165, 1.54) is 33.4 Å². The van der Waals surface area contributed by atoms with Crippen LogP contribution in [-0.4, -0.2) is 0 Å². The fourth-order valence-electron chi connectivity index (χ4n) is 3.71. The van der Waals surface area contributed by atoms with Gasteiger partial charge < -0.3 is 5.32 Å². The predicted octanol–water partition coefficient (Wildman–Crippen LogP) is 8.91. The monoisotopic (exact) mass is 413 g/mol. The van der Waals surface area contributed by atoms with E-state index < -0.39 is 0 Å². The van der Waals surface area contributed by atoms with Crippen molar-refractivity contribution in [3.63, 3.8) is 0 Å². The zero-order valence-electron chi connectivity index (χ0n) is 18.3. The molecule has 0 aliphatic carbocycles. The Kier molecular flexibility index (Phi) is 6.79. The van der Waals surface area contributed by atoms with Crippen molar-refractivity contribution in [3.8, 4) is 22.3 Å². The third-order valence-electron chi connectivity index (χ3n) is 5.39. The summed E-state index contributed by atoms with van der Waals surface area (Å²) in [4.78, 5) is 0. The second kappa shape index (κ2) is 10.3. The molecule has 32 heavy (non-hydrogen) atoms. The van der Waals surface area contributed by atoms with Crippen LogP contribution in [0, 0.1) is 0 Å². The summed E-state index contributed by atoms with van der Waals surface area (Å²) in [6.45, 7) is 5.90. The van der Waals surface area contributed by atoms with Gasteiger partial charge in [-0.2, -0.15) is 0 Å². The molecule has 0 saturated carbocycles. The van der Waals surface area contributed by atoms with Crippen LogP contribution in [0.2, 0.25) is 0 Å². The topological polar surface area (TPSA) is 12.0 Å². The number of allylic oxidation sites excluding steroid dienone is 5. The summed E-state index contributed by atoms with van der Waals surface area (Å²) in [6, 6.07) is 36.1. The van der Waals surface area contributed by atoms with Gasteiger partial charge in [0.1, 0.15) is 0 Å². The minimum Gasteiger partial charge on any atom is -0.355 e. The smallest absolute Gasteiger partial charge is 0.0460 e. The van der Waals surface area contributed by atoms with Crippen LogP contribution in [0.4, 0.5) is 11.4 Å². The molecule has 0 aromatic heterocycles. The van der Waals surface area contributed by atoms with E-state index in [2.05, 4.69) is 104 Å². The van der Waals surface area contributed by atoms with Crippen molar-refractivity contribution in [1.82, 2.24) is 0 Å². The normalized spacial score (nSPS) is 11.5. The van der Waals surface area contributed by atoms with Gasteiger partial charge in [-0.25, -0.2) is 0 Å². The number of anilines is 2. The van der Waals surface area contributed by atoms with Crippen LogP contribution in [-0.2, 0) is 0 Å². The van der Waals surface area contributed by atoms with E-state index in [0.717, 1.165) is 11.4 Å². The van der Waals surface area contributed by atoms with Gasteiger partial charge >= 0.3 is 0 Å². The lowest BCUT2D eigenvalue weighted by Crippen LogP contribution is -1.95. The summed E-state index contributed by atoms with van der Waals surface area (Å²) < 4.78 is 0. The molecular weight excluding hydrogens is 386 g/mol. The van der Waals surface area contributed by atoms with E-state index in [-0.39, 0.29) is 0 Å². The van der Waals surface area contributed by atoms with Gasteiger partial charge in [-0.1, -0.05) is 104 Å². The Hall–Kier alpha value is -4.10. The summed E-state index contributed by atoms with van der Waals surface area (Å²) in [5.74, 6) is 0. The van der Waals surface area contributed by atoms with Crippen LogP contribution < -0.4 is 5.32 Å². The molecule has 0 unspecified atom stereocenters. The first-order chi connectivity index (χ1) is 15.7. The van der Waals surface area contributed by atoms with Gasteiger partial charge in [0.2, 0.25) is 0 Å². The number of nitrogens with one attached hydrogen (secondary N) is 1. The zero-order chi connectivity index (χ0) is 22.2. The molecular formula is C31H27N. The van der Waals surface area contributed by atoms with Crippen LogP contribution in [0.1, 0.15) is 12.5 Å². The Morgan fingerprint density at radius 1 is 0.656 bits per heavy atom. The molecule has 1 nitrogen and oxygen atoms in total. The number of benzene rings is 4. The quantitative estimate of drug-likeness (QED) is 0.298. The van der Waals surface area contributed by atoms with Crippen molar-refractivity contribution in [3.05, 3.63) is 140 Å². The average molecular weight is 414 g/mol. The lowest BCUT2D eigenvalue weighted by Gasteiger charge is -2.15. The number of para-hydroxylation sites is 1.